The first-order valence-electron chi connectivity index (χ1n) is 32.4. The highest BCUT2D eigenvalue weighted by molar-refractivity contribution is 7.46. The number of hydrogen-bond acceptors (Lipinski definition) is 29. The maximum absolute atomic E-state index is 13.1. The van der Waals surface area contributed by atoms with Crippen LogP contribution in [0.1, 0.15) is 148 Å². The molecule has 0 aliphatic carbocycles. The van der Waals surface area contributed by atoms with Crippen molar-refractivity contribution in [3.8, 4) is 0 Å². The highest BCUT2D eigenvalue weighted by Gasteiger charge is 2.48. The minimum Gasteiger partial charge on any atom is -0.387 e. The number of carbonyl (C=O) groups is 6. The molecule has 3 aliphatic rings. The molecule has 0 aromatic heterocycles. The Balaban J connectivity index is 1.36. The lowest BCUT2D eigenvalue weighted by atomic mass is 9.85. The first-order valence-corrected chi connectivity index (χ1v) is 37.0. The SMILES string of the molecule is CC(CCC(=O)CCCCCC(=O)CCCCOC1OC(COP(=O)(O)O)C(O)C(O)C1O)(COCCC(=O)CCCC(=O)CCCCOC1OC(COP(=O)(O)O)C(O)C(O)C1O)COCCC(=O)NCCCNC(=O)CCCCOC1OC(COP(=O)(O)O)C(O)C(O)C1O. The van der Waals surface area contributed by atoms with Gasteiger partial charge in [-0.05, 0) is 70.6 Å². The lowest BCUT2D eigenvalue weighted by Gasteiger charge is -2.40. The van der Waals surface area contributed by atoms with Crippen molar-refractivity contribution < 1.29 is 169 Å². The third-order valence-corrected chi connectivity index (χ3v) is 17.3. The molecule has 0 saturated carbocycles. The minimum absolute atomic E-state index is 0.00737. The summed E-state index contributed by atoms with van der Waals surface area (Å²) in [5.74, 6) is -0.896. The molecule has 566 valence electrons. The minimum atomic E-state index is -4.92. The quantitative estimate of drug-likeness (QED) is 0.0229. The molecule has 3 saturated heterocycles. The molecule has 37 nitrogen and oxygen atoms in total. The lowest BCUT2D eigenvalue weighted by Crippen LogP contribution is -2.59. The van der Waals surface area contributed by atoms with Crippen LogP contribution in [0.25, 0.3) is 0 Å². The number of nitrogens with one attached hydrogen (secondary N) is 2. The van der Waals surface area contributed by atoms with E-state index in [9.17, 15) is 88.4 Å². The molecule has 40 heteroatoms. The zero-order valence-electron chi connectivity index (χ0n) is 54.4. The summed E-state index contributed by atoms with van der Waals surface area (Å²) in [4.78, 5) is 130. The Hall–Kier alpha value is -2.73. The Morgan fingerprint density at radius 2 is 0.670 bits per heavy atom. The van der Waals surface area contributed by atoms with Crippen molar-refractivity contribution in [2.75, 3.05) is 79.2 Å². The van der Waals surface area contributed by atoms with E-state index in [0.29, 0.717) is 77.0 Å². The Morgan fingerprint density at radius 3 is 1.04 bits per heavy atom. The largest absolute Gasteiger partial charge is 0.469 e. The lowest BCUT2D eigenvalue weighted by molar-refractivity contribution is -0.300. The normalized spacial score (nSPS) is 27.1. The van der Waals surface area contributed by atoms with Gasteiger partial charge in [-0.1, -0.05) is 13.3 Å². The van der Waals surface area contributed by atoms with E-state index in [-0.39, 0.29) is 158 Å². The van der Waals surface area contributed by atoms with Gasteiger partial charge in [-0.2, -0.15) is 0 Å². The van der Waals surface area contributed by atoms with Gasteiger partial charge in [0.2, 0.25) is 11.8 Å². The molecular weight excluding hydrogens is 1370 g/mol. The molecule has 16 atom stereocenters. The predicted octanol–water partition coefficient (Wildman–Crippen LogP) is -2.08. The molecule has 17 N–H and O–H groups in total. The van der Waals surface area contributed by atoms with Crippen molar-refractivity contribution >= 4 is 58.4 Å². The zero-order valence-corrected chi connectivity index (χ0v) is 57.1. The topological polar surface area (TPSA) is 583 Å². The maximum Gasteiger partial charge on any atom is 0.469 e. The molecular formula is C57H103N2O35P3. The molecule has 16 unspecified atom stereocenters. The second-order valence-electron chi connectivity index (χ2n) is 24.4. The molecule has 97 heavy (non-hydrogen) atoms. The van der Waals surface area contributed by atoms with E-state index in [4.69, 9.17) is 67.3 Å². The fourth-order valence-corrected chi connectivity index (χ4v) is 11.1. The summed E-state index contributed by atoms with van der Waals surface area (Å²) in [6, 6.07) is 0. The van der Waals surface area contributed by atoms with Gasteiger partial charge in [-0.15, -0.1) is 0 Å². The Labute approximate surface area is 561 Å². The monoisotopic (exact) mass is 1470 g/mol. The van der Waals surface area contributed by atoms with Gasteiger partial charge in [0.25, 0.3) is 0 Å². The van der Waals surface area contributed by atoms with Gasteiger partial charge in [0.05, 0.1) is 46.2 Å². The maximum atomic E-state index is 13.1. The Kier molecular flexibility index (Phi) is 42.0. The number of Topliss-reactive ketones (excluding diaryl/α,β-unsaturated/α-hetero) is 4. The second kappa shape index (κ2) is 46.1. The third-order valence-electron chi connectivity index (χ3n) is 15.8. The average molecular weight is 1470 g/mol. The molecule has 0 bridgehead atoms. The Bertz CT molecular complexity index is 2470. The van der Waals surface area contributed by atoms with Crippen molar-refractivity contribution in [2.24, 2.45) is 5.41 Å². The second-order valence-corrected chi connectivity index (χ2v) is 28.1. The van der Waals surface area contributed by atoms with E-state index >= 15 is 0 Å². The molecule has 2 amide bonds. The predicted molar refractivity (Wildman–Crippen MR) is 329 cm³/mol. The average Bonchev–Trinajstić information content (AvgIpc) is 0.862. The van der Waals surface area contributed by atoms with Crippen LogP contribution in [0.4, 0.5) is 0 Å². The van der Waals surface area contributed by atoms with E-state index in [1.807, 2.05) is 6.92 Å². The van der Waals surface area contributed by atoms with Gasteiger partial charge in [0, 0.05) is 103 Å². The molecule has 0 spiro atoms. The summed E-state index contributed by atoms with van der Waals surface area (Å²) < 4.78 is 90.4. The number of rotatable bonds is 54. The fourth-order valence-electron chi connectivity index (χ4n) is 10.1. The van der Waals surface area contributed by atoms with Gasteiger partial charge < -0.3 is 124 Å². The van der Waals surface area contributed by atoms with Crippen LogP contribution in [0.2, 0.25) is 0 Å². The number of ketones is 4. The first kappa shape index (κ1) is 88.5. The molecule has 0 aromatic rings. The van der Waals surface area contributed by atoms with E-state index in [1.54, 1.807) is 0 Å². The molecule has 0 aromatic carbocycles. The summed E-state index contributed by atoms with van der Waals surface area (Å²) >= 11 is 0. The summed E-state index contributed by atoms with van der Waals surface area (Å²) in [6.07, 6.45) is -17.7. The number of phosphoric ester groups is 3. The fraction of sp³-hybridized carbons (Fsp3) is 0.895. The summed E-state index contributed by atoms with van der Waals surface area (Å²) in [6.45, 7) is 0.141. The highest BCUT2D eigenvalue weighted by Crippen LogP contribution is 2.39. The molecule has 0 radical (unpaired) electrons. The van der Waals surface area contributed by atoms with Crippen molar-refractivity contribution in [1.29, 1.82) is 0 Å². The number of hydrogen-bond donors (Lipinski definition) is 17. The van der Waals surface area contributed by atoms with Crippen LogP contribution in [0.3, 0.4) is 0 Å². The summed E-state index contributed by atoms with van der Waals surface area (Å²) in [5.41, 5.74) is -0.732. The van der Waals surface area contributed by atoms with E-state index in [2.05, 4.69) is 24.2 Å². The van der Waals surface area contributed by atoms with Crippen LogP contribution in [-0.2, 0) is 93.9 Å². The van der Waals surface area contributed by atoms with Crippen LogP contribution in [0, 0.1) is 5.41 Å². The van der Waals surface area contributed by atoms with Crippen molar-refractivity contribution in [3.63, 3.8) is 0 Å². The molecule has 3 rings (SSSR count). The molecule has 3 aliphatic heterocycles. The van der Waals surface area contributed by atoms with Crippen LogP contribution in [0.5, 0.6) is 0 Å². The van der Waals surface area contributed by atoms with Crippen LogP contribution in [0.15, 0.2) is 0 Å². The van der Waals surface area contributed by atoms with E-state index < -0.39 is 141 Å². The summed E-state index contributed by atoms with van der Waals surface area (Å²) in [7, 11) is -14.8. The number of aliphatic hydroxyl groups excluding tert-OH is 9. The van der Waals surface area contributed by atoms with Crippen LogP contribution < -0.4 is 10.6 Å². The van der Waals surface area contributed by atoms with Crippen molar-refractivity contribution in [3.05, 3.63) is 0 Å². The zero-order chi connectivity index (χ0) is 72.4. The van der Waals surface area contributed by atoms with Gasteiger partial charge >= 0.3 is 23.5 Å². The highest BCUT2D eigenvalue weighted by atomic mass is 31.2. The van der Waals surface area contributed by atoms with Crippen molar-refractivity contribution in [2.45, 2.75) is 240 Å². The smallest absolute Gasteiger partial charge is 0.387 e. The van der Waals surface area contributed by atoms with Crippen LogP contribution >= 0.6 is 23.5 Å². The van der Waals surface area contributed by atoms with Gasteiger partial charge in [0.15, 0.2) is 18.9 Å². The Morgan fingerprint density at radius 1 is 0.361 bits per heavy atom. The third kappa shape index (κ3) is 37.9. The number of aliphatic hydroxyl groups is 9. The van der Waals surface area contributed by atoms with E-state index in [1.165, 1.54) is 0 Å². The number of phosphoric acid groups is 3. The van der Waals surface area contributed by atoms with Gasteiger partial charge in [0.1, 0.15) is 96.4 Å². The summed E-state index contributed by atoms with van der Waals surface area (Å²) in [5, 5.41) is 96.8. The van der Waals surface area contributed by atoms with Crippen molar-refractivity contribution in [1.82, 2.24) is 10.6 Å². The number of unbranched alkanes of at least 4 members (excludes halogenated alkanes) is 5. The van der Waals surface area contributed by atoms with Gasteiger partial charge in [-0.3, -0.25) is 42.3 Å². The van der Waals surface area contributed by atoms with Gasteiger partial charge in [-0.25, -0.2) is 13.7 Å². The number of amides is 2. The molecule has 3 fully saturated rings. The molecule has 3 heterocycles. The number of ether oxygens (including phenoxy) is 8. The van der Waals surface area contributed by atoms with Crippen LogP contribution in [-0.4, -0.2) is 282 Å². The standard InChI is InChI=1S/C57H103N2O35P3/c1-57(23-20-38(62)14-4-2-3-13-36(60)15-5-8-26-86-54-51(72)48(69)45(66)40(92-54)31-89-95(75,76)77,34-84-29-21-39(63)18-11-17-37(61)16-6-9-27-87-55-52(73)49(70)46(67)41(93-55)32-90-96(78,79)80)35-85-30-22-44(65)59-25-12-24-58-43(64)19-7-10-28-88-56-53(74)50(71)47(68)42(94-56)33-91-97(81,82)83/h40-42,45-56,66-74H,2-35H2,1H3,(H,58,64)(H,59,65)(H2,75,76,77)(H2,78,79,80)(H2,81,82,83). The first-order chi connectivity index (χ1) is 45.6. The van der Waals surface area contributed by atoms with E-state index in [0.717, 1.165) is 0 Å². The number of carbonyl (C=O) groups excluding carboxylic acids is 6.